The van der Waals surface area contributed by atoms with Crippen LogP contribution in [0, 0.1) is 0 Å². The third-order valence-corrected chi connectivity index (χ3v) is 3.85. The summed E-state index contributed by atoms with van der Waals surface area (Å²) in [6.07, 6.45) is 1.65. The lowest BCUT2D eigenvalue weighted by atomic mass is 10.2. The second-order valence-corrected chi connectivity index (χ2v) is 5.39. The zero-order chi connectivity index (χ0) is 15.3. The van der Waals surface area contributed by atoms with Gasteiger partial charge in [-0.1, -0.05) is 29.8 Å². The smallest absolute Gasteiger partial charge is 0.278 e. The number of nitrogens with zero attached hydrogens (tertiary/aromatic N) is 2. The van der Waals surface area contributed by atoms with Crippen LogP contribution in [0.1, 0.15) is 0 Å². The molecule has 2 aromatic carbocycles. The molecule has 0 unspecified atom stereocenters. The van der Waals surface area contributed by atoms with E-state index in [1.165, 1.54) is 4.68 Å². The standard InChI is InChI=1S/C16H10ClN3O2/c17-10-5-6-11-12(7-10)19-16(22)14(15(11)21)20-13-4-2-1-3-9(13)8-18-20/h1-8H,(H2,19,21,22). The van der Waals surface area contributed by atoms with Crippen molar-refractivity contribution in [2.45, 2.75) is 0 Å². The molecule has 22 heavy (non-hydrogen) atoms. The van der Waals surface area contributed by atoms with E-state index in [1.807, 2.05) is 24.3 Å². The fourth-order valence-electron chi connectivity index (χ4n) is 2.59. The van der Waals surface area contributed by atoms with Gasteiger partial charge in [0.1, 0.15) is 0 Å². The zero-order valence-corrected chi connectivity index (χ0v) is 12.0. The minimum absolute atomic E-state index is 0.0935. The first kappa shape index (κ1) is 12.9. The molecule has 2 aromatic heterocycles. The number of aromatic nitrogens is 3. The first-order chi connectivity index (χ1) is 10.6. The minimum atomic E-state index is -0.430. The molecule has 0 aliphatic rings. The summed E-state index contributed by atoms with van der Waals surface area (Å²) in [5.41, 5.74) is 0.893. The van der Waals surface area contributed by atoms with Gasteiger partial charge in [-0.2, -0.15) is 5.10 Å². The van der Waals surface area contributed by atoms with Gasteiger partial charge in [-0.25, -0.2) is 4.68 Å². The van der Waals surface area contributed by atoms with Crippen molar-refractivity contribution in [3.63, 3.8) is 0 Å². The maximum atomic E-state index is 12.4. The number of para-hydroxylation sites is 1. The molecule has 0 spiro atoms. The van der Waals surface area contributed by atoms with E-state index in [-0.39, 0.29) is 11.4 Å². The number of halogens is 1. The van der Waals surface area contributed by atoms with Crippen LogP contribution >= 0.6 is 11.6 Å². The number of hydrogen-bond acceptors (Lipinski definition) is 3. The molecule has 4 aromatic rings. The molecule has 108 valence electrons. The van der Waals surface area contributed by atoms with Crippen molar-refractivity contribution in [3.8, 4) is 11.4 Å². The van der Waals surface area contributed by atoms with E-state index in [4.69, 9.17) is 11.6 Å². The molecule has 2 N–H and O–H groups in total. The Balaban J connectivity index is 2.11. The minimum Gasteiger partial charge on any atom is -0.505 e. The van der Waals surface area contributed by atoms with Crippen LogP contribution in [0.3, 0.4) is 0 Å². The summed E-state index contributed by atoms with van der Waals surface area (Å²) < 4.78 is 1.44. The Kier molecular flexibility index (Phi) is 2.71. The first-order valence-electron chi connectivity index (χ1n) is 6.63. The molecule has 0 saturated carbocycles. The van der Waals surface area contributed by atoms with Gasteiger partial charge in [0.05, 0.1) is 17.2 Å². The van der Waals surface area contributed by atoms with E-state index in [2.05, 4.69) is 10.1 Å². The van der Waals surface area contributed by atoms with Crippen molar-refractivity contribution in [3.05, 3.63) is 64.0 Å². The van der Waals surface area contributed by atoms with Crippen LogP contribution in [0.5, 0.6) is 5.75 Å². The number of fused-ring (bicyclic) bond motifs is 2. The summed E-state index contributed by atoms with van der Waals surface area (Å²) in [7, 11) is 0. The Morgan fingerprint density at radius 2 is 2.00 bits per heavy atom. The van der Waals surface area contributed by atoms with E-state index in [0.717, 1.165) is 10.9 Å². The van der Waals surface area contributed by atoms with Crippen molar-refractivity contribution in [2.24, 2.45) is 0 Å². The van der Waals surface area contributed by atoms with Gasteiger partial charge in [0.15, 0.2) is 11.4 Å². The zero-order valence-electron chi connectivity index (χ0n) is 11.2. The van der Waals surface area contributed by atoms with Crippen LogP contribution < -0.4 is 5.56 Å². The van der Waals surface area contributed by atoms with Gasteiger partial charge in [0, 0.05) is 15.8 Å². The molecule has 4 rings (SSSR count). The highest BCUT2D eigenvalue weighted by molar-refractivity contribution is 6.31. The van der Waals surface area contributed by atoms with E-state index in [1.54, 1.807) is 24.4 Å². The van der Waals surface area contributed by atoms with E-state index >= 15 is 0 Å². The lowest BCUT2D eigenvalue weighted by Gasteiger charge is -2.08. The third-order valence-electron chi connectivity index (χ3n) is 3.61. The highest BCUT2D eigenvalue weighted by Gasteiger charge is 2.16. The van der Waals surface area contributed by atoms with E-state index in [9.17, 15) is 9.90 Å². The van der Waals surface area contributed by atoms with Crippen LogP contribution in [-0.2, 0) is 0 Å². The van der Waals surface area contributed by atoms with Gasteiger partial charge in [-0.3, -0.25) is 4.79 Å². The summed E-state index contributed by atoms with van der Waals surface area (Å²) in [6, 6.07) is 12.4. The summed E-state index contributed by atoms with van der Waals surface area (Å²) in [6.45, 7) is 0. The summed E-state index contributed by atoms with van der Waals surface area (Å²) in [4.78, 5) is 15.1. The Hall–Kier alpha value is -2.79. The number of rotatable bonds is 1. The van der Waals surface area contributed by atoms with Crippen molar-refractivity contribution in [2.75, 3.05) is 0 Å². The van der Waals surface area contributed by atoms with Crippen molar-refractivity contribution < 1.29 is 5.11 Å². The monoisotopic (exact) mass is 311 g/mol. The van der Waals surface area contributed by atoms with Crippen molar-refractivity contribution >= 4 is 33.4 Å². The lowest BCUT2D eigenvalue weighted by Crippen LogP contribution is -2.15. The third kappa shape index (κ3) is 1.79. The van der Waals surface area contributed by atoms with Crippen LogP contribution in [0.25, 0.3) is 27.5 Å². The van der Waals surface area contributed by atoms with Crippen molar-refractivity contribution in [1.29, 1.82) is 0 Å². The van der Waals surface area contributed by atoms with Crippen LogP contribution in [0.15, 0.2) is 53.5 Å². The molecule has 0 saturated heterocycles. The summed E-state index contributed by atoms with van der Waals surface area (Å²) in [5, 5.41) is 16.6. The molecular formula is C16H10ClN3O2. The highest BCUT2D eigenvalue weighted by atomic mass is 35.5. The molecule has 6 heteroatoms. The topological polar surface area (TPSA) is 70.9 Å². The predicted octanol–water partition coefficient (Wildman–Crippen LogP) is 3.23. The molecular weight excluding hydrogens is 302 g/mol. The summed E-state index contributed by atoms with van der Waals surface area (Å²) in [5.74, 6) is -0.121. The number of aromatic amines is 1. The quantitative estimate of drug-likeness (QED) is 0.567. The average Bonchev–Trinajstić information content (AvgIpc) is 2.91. The maximum Gasteiger partial charge on any atom is 0.278 e. The number of H-pyrrole nitrogens is 1. The Labute approximate surface area is 129 Å². The number of benzene rings is 2. The van der Waals surface area contributed by atoms with Crippen molar-refractivity contribution in [1.82, 2.24) is 14.8 Å². The number of nitrogens with one attached hydrogen (secondary N) is 1. The number of pyridine rings is 1. The molecule has 0 aliphatic heterocycles. The van der Waals surface area contributed by atoms with Gasteiger partial charge in [0.25, 0.3) is 5.56 Å². The van der Waals surface area contributed by atoms with Crippen LogP contribution in [0.2, 0.25) is 5.02 Å². The van der Waals surface area contributed by atoms with E-state index < -0.39 is 5.56 Å². The van der Waals surface area contributed by atoms with Gasteiger partial charge in [-0.15, -0.1) is 0 Å². The fraction of sp³-hybridized carbons (Fsp3) is 0. The SMILES string of the molecule is O=c1[nH]c2cc(Cl)ccc2c(O)c1-n1ncc2ccccc21. The normalized spacial score (nSPS) is 11.3. The fourth-order valence-corrected chi connectivity index (χ4v) is 2.76. The van der Waals surface area contributed by atoms with Gasteiger partial charge in [-0.05, 0) is 24.3 Å². The van der Waals surface area contributed by atoms with Gasteiger partial charge in [0.2, 0.25) is 0 Å². The largest absolute Gasteiger partial charge is 0.505 e. The van der Waals surface area contributed by atoms with Crippen LogP contribution in [0.4, 0.5) is 0 Å². The Bertz CT molecular complexity index is 1080. The molecule has 0 bridgehead atoms. The van der Waals surface area contributed by atoms with Gasteiger partial charge < -0.3 is 10.1 Å². The molecule has 0 atom stereocenters. The average molecular weight is 312 g/mol. The molecule has 0 amide bonds. The Morgan fingerprint density at radius 3 is 2.86 bits per heavy atom. The molecule has 0 fully saturated rings. The molecule has 0 radical (unpaired) electrons. The Morgan fingerprint density at radius 1 is 1.18 bits per heavy atom. The second kappa shape index (κ2) is 4.61. The van der Waals surface area contributed by atoms with Crippen LogP contribution in [-0.4, -0.2) is 19.9 Å². The second-order valence-electron chi connectivity index (χ2n) is 4.96. The summed E-state index contributed by atoms with van der Waals surface area (Å²) >= 11 is 5.92. The number of hydrogen-bond donors (Lipinski definition) is 2. The predicted molar refractivity (Wildman–Crippen MR) is 85.9 cm³/mol. The molecule has 2 heterocycles. The molecule has 0 aliphatic carbocycles. The first-order valence-corrected chi connectivity index (χ1v) is 7.00. The van der Waals surface area contributed by atoms with E-state index in [0.29, 0.717) is 15.9 Å². The van der Waals surface area contributed by atoms with Gasteiger partial charge >= 0.3 is 0 Å². The number of aromatic hydroxyl groups is 1. The lowest BCUT2D eigenvalue weighted by molar-refractivity contribution is 0.476. The molecule has 5 nitrogen and oxygen atoms in total. The highest BCUT2D eigenvalue weighted by Crippen LogP contribution is 2.30. The maximum absolute atomic E-state index is 12.4.